The van der Waals surface area contributed by atoms with Gasteiger partial charge in [-0.25, -0.2) is 0 Å². The smallest absolute Gasteiger partial charge is 0.0945 e. The standard InChI is InChI=1S/C17H27NO2S/c1-13-3-7-16(8-4-13)20-12-15(19)11-18-14-5-9-17(21-2)10-6-14/h5-6,9-10,13,15-16,18-19H,3-4,7-8,11-12H2,1-2H3. The molecule has 21 heavy (non-hydrogen) atoms. The summed E-state index contributed by atoms with van der Waals surface area (Å²) in [6, 6.07) is 8.25. The molecule has 3 nitrogen and oxygen atoms in total. The Morgan fingerprint density at radius 3 is 2.52 bits per heavy atom. The number of rotatable bonds is 7. The number of nitrogens with one attached hydrogen (secondary N) is 1. The molecule has 1 atom stereocenters. The van der Waals surface area contributed by atoms with Gasteiger partial charge in [0.05, 0.1) is 18.8 Å². The summed E-state index contributed by atoms with van der Waals surface area (Å²) in [4.78, 5) is 1.25. The van der Waals surface area contributed by atoms with Crippen LogP contribution in [0.2, 0.25) is 0 Å². The van der Waals surface area contributed by atoms with E-state index in [1.165, 1.54) is 17.7 Å². The maximum Gasteiger partial charge on any atom is 0.0945 e. The van der Waals surface area contributed by atoms with Crippen LogP contribution in [0.1, 0.15) is 32.6 Å². The highest BCUT2D eigenvalue weighted by Gasteiger charge is 2.19. The molecule has 2 rings (SSSR count). The van der Waals surface area contributed by atoms with Gasteiger partial charge in [0.25, 0.3) is 0 Å². The predicted molar refractivity (Wildman–Crippen MR) is 90.1 cm³/mol. The molecule has 1 aliphatic carbocycles. The van der Waals surface area contributed by atoms with Crippen LogP contribution in [-0.4, -0.2) is 36.7 Å². The average Bonchev–Trinajstić information content (AvgIpc) is 2.53. The zero-order valence-electron chi connectivity index (χ0n) is 13.0. The first kappa shape index (κ1) is 16.7. The first-order valence-corrected chi connectivity index (χ1v) is 9.07. The second-order valence-corrected chi connectivity index (χ2v) is 6.86. The Hall–Kier alpha value is -0.710. The van der Waals surface area contributed by atoms with Gasteiger partial charge in [-0.05, 0) is 62.1 Å². The van der Waals surface area contributed by atoms with E-state index in [-0.39, 0.29) is 0 Å². The minimum atomic E-state index is -0.454. The monoisotopic (exact) mass is 309 g/mol. The summed E-state index contributed by atoms with van der Waals surface area (Å²) in [5.41, 5.74) is 1.04. The van der Waals surface area contributed by atoms with Gasteiger partial charge in [-0.1, -0.05) is 6.92 Å². The zero-order valence-corrected chi connectivity index (χ0v) is 13.9. The molecule has 1 unspecified atom stereocenters. The Balaban J connectivity index is 1.63. The molecule has 1 saturated carbocycles. The van der Waals surface area contributed by atoms with Crippen LogP contribution in [0.25, 0.3) is 0 Å². The molecule has 0 heterocycles. The molecule has 1 aliphatic rings. The molecular formula is C17H27NO2S. The van der Waals surface area contributed by atoms with E-state index < -0.39 is 6.10 Å². The molecule has 4 heteroatoms. The minimum absolute atomic E-state index is 0.344. The number of aliphatic hydroxyl groups excluding tert-OH is 1. The van der Waals surface area contributed by atoms with Gasteiger partial charge in [0, 0.05) is 17.1 Å². The van der Waals surface area contributed by atoms with Gasteiger partial charge in [-0.3, -0.25) is 0 Å². The van der Waals surface area contributed by atoms with E-state index in [1.54, 1.807) is 11.8 Å². The highest BCUT2D eigenvalue weighted by atomic mass is 32.2. The minimum Gasteiger partial charge on any atom is -0.389 e. The fraction of sp³-hybridized carbons (Fsp3) is 0.647. The summed E-state index contributed by atoms with van der Waals surface area (Å²) < 4.78 is 5.82. The third kappa shape index (κ3) is 5.89. The van der Waals surface area contributed by atoms with Crippen LogP contribution in [0.5, 0.6) is 0 Å². The molecule has 0 aromatic heterocycles. The molecular weight excluding hydrogens is 282 g/mol. The fourth-order valence-electron chi connectivity index (χ4n) is 2.65. The van der Waals surface area contributed by atoms with Gasteiger partial charge in [0.15, 0.2) is 0 Å². The molecule has 0 saturated heterocycles. The van der Waals surface area contributed by atoms with E-state index in [9.17, 15) is 5.11 Å². The summed E-state index contributed by atoms with van der Waals surface area (Å²) in [5.74, 6) is 0.834. The Morgan fingerprint density at radius 1 is 1.24 bits per heavy atom. The average molecular weight is 309 g/mol. The lowest BCUT2D eigenvalue weighted by molar-refractivity contribution is -0.0245. The maximum absolute atomic E-state index is 10.0. The van der Waals surface area contributed by atoms with E-state index in [2.05, 4.69) is 30.6 Å². The topological polar surface area (TPSA) is 41.5 Å². The van der Waals surface area contributed by atoms with Crippen molar-refractivity contribution in [3.63, 3.8) is 0 Å². The van der Waals surface area contributed by atoms with Crippen molar-refractivity contribution in [3.8, 4) is 0 Å². The molecule has 0 bridgehead atoms. The molecule has 1 aromatic rings. The van der Waals surface area contributed by atoms with Gasteiger partial charge >= 0.3 is 0 Å². The zero-order chi connectivity index (χ0) is 15.1. The van der Waals surface area contributed by atoms with E-state index in [0.29, 0.717) is 19.3 Å². The summed E-state index contributed by atoms with van der Waals surface area (Å²) in [6.07, 6.45) is 6.73. The van der Waals surface area contributed by atoms with Crippen molar-refractivity contribution in [3.05, 3.63) is 24.3 Å². The van der Waals surface area contributed by atoms with Crippen LogP contribution >= 0.6 is 11.8 Å². The van der Waals surface area contributed by atoms with E-state index in [1.807, 2.05) is 12.1 Å². The van der Waals surface area contributed by atoms with Crippen molar-refractivity contribution in [2.45, 2.75) is 49.7 Å². The lowest BCUT2D eigenvalue weighted by Crippen LogP contribution is -2.29. The van der Waals surface area contributed by atoms with Crippen LogP contribution in [0.3, 0.4) is 0 Å². The molecule has 0 spiro atoms. The predicted octanol–water partition coefficient (Wildman–Crippen LogP) is 3.78. The SMILES string of the molecule is CSc1ccc(NCC(O)COC2CCC(C)CC2)cc1. The summed E-state index contributed by atoms with van der Waals surface area (Å²) in [5, 5.41) is 13.3. The number of hydrogen-bond donors (Lipinski definition) is 2. The van der Waals surface area contributed by atoms with Gasteiger partial charge in [0.2, 0.25) is 0 Å². The second kappa shape index (κ2) is 8.66. The highest BCUT2D eigenvalue weighted by molar-refractivity contribution is 7.98. The molecule has 118 valence electrons. The summed E-state index contributed by atoms with van der Waals surface area (Å²) >= 11 is 1.73. The van der Waals surface area contributed by atoms with E-state index in [0.717, 1.165) is 24.4 Å². The Labute approximate surface area is 132 Å². The van der Waals surface area contributed by atoms with Crippen LogP contribution in [0.15, 0.2) is 29.2 Å². The van der Waals surface area contributed by atoms with E-state index in [4.69, 9.17) is 4.74 Å². The van der Waals surface area contributed by atoms with Crippen LogP contribution in [0.4, 0.5) is 5.69 Å². The van der Waals surface area contributed by atoms with Gasteiger partial charge < -0.3 is 15.2 Å². The number of anilines is 1. The van der Waals surface area contributed by atoms with Crippen molar-refractivity contribution >= 4 is 17.4 Å². The largest absolute Gasteiger partial charge is 0.389 e. The van der Waals surface area contributed by atoms with Crippen molar-refractivity contribution in [2.24, 2.45) is 5.92 Å². The number of thioether (sulfide) groups is 1. The molecule has 2 N–H and O–H groups in total. The van der Waals surface area contributed by atoms with Gasteiger partial charge in [-0.2, -0.15) is 0 Å². The Morgan fingerprint density at radius 2 is 1.90 bits per heavy atom. The van der Waals surface area contributed by atoms with Crippen molar-refractivity contribution in [1.29, 1.82) is 0 Å². The van der Waals surface area contributed by atoms with Crippen LogP contribution in [-0.2, 0) is 4.74 Å². The second-order valence-electron chi connectivity index (χ2n) is 5.98. The number of aliphatic hydroxyl groups is 1. The molecule has 1 aromatic carbocycles. The number of benzene rings is 1. The van der Waals surface area contributed by atoms with Crippen LogP contribution in [0, 0.1) is 5.92 Å². The summed E-state index contributed by atoms with van der Waals surface area (Å²) in [6.45, 7) is 3.26. The first-order chi connectivity index (χ1) is 10.2. The van der Waals surface area contributed by atoms with Crippen LogP contribution < -0.4 is 5.32 Å². The molecule has 0 aliphatic heterocycles. The van der Waals surface area contributed by atoms with Gasteiger partial charge in [-0.15, -0.1) is 11.8 Å². The number of hydrogen-bond acceptors (Lipinski definition) is 4. The fourth-order valence-corrected chi connectivity index (χ4v) is 3.06. The van der Waals surface area contributed by atoms with Crippen molar-refractivity contribution in [1.82, 2.24) is 0 Å². The highest BCUT2D eigenvalue weighted by Crippen LogP contribution is 2.25. The summed E-state index contributed by atoms with van der Waals surface area (Å²) in [7, 11) is 0. The molecule has 1 fully saturated rings. The normalized spacial score (nSPS) is 23.8. The Bertz CT molecular complexity index is 402. The first-order valence-electron chi connectivity index (χ1n) is 7.85. The lowest BCUT2D eigenvalue weighted by atomic mass is 9.89. The number of ether oxygens (including phenoxy) is 1. The third-order valence-corrected chi connectivity index (χ3v) is 4.86. The molecule has 0 amide bonds. The third-order valence-electron chi connectivity index (χ3n) is 4.12. The van der Waals surface area contributed by atoms with Crippen molar-refractivity contribution < 1.29 is 9.84 Å². The maximum atomic E-state index is 10.0. The quantitative estimate of drug-likeness (QED) is 0.752. The lowest BCUT2D eigenvalue weighted by Gasteiger charge is -2.27. The van der Waals surface area contributed by atoms with E-state index >= 15 is 0 Å². The molecule has 0 radical (unpaired) electrons. The van der Waals surface area contributed by atoms with Crippen molar-refractivity contribution in [2.75, 3.05) is 24.7 Å². The Kier molecular flexibility index (Phi) is 6.87. The van der Waals surface area contributed by atoms with Gasteiger partial charge in [0.1, 0.15) is 0 Å².